The summed E-state index contributed by atoms with van der Waals surface area (Å²) in [5.41, 5.74) is 8.60. The summed E-state index contributed by atoms with van der Waals surface area (Å²) in [6.07, 6.45) is 5.45. The summed E-state index contributed by atoms with van der Waals surface area (Å²) in [7, 11) is 2.14. The molecule has 0 bridgehead atoms. The molecule has 1 aromatic carbocycles. The summed E-state index contributed by atoms with van der Waals surface area (Å²) in [6, 6.07) is 13.6. The SMILES string of the molecule is CN1CCCC(n2nc(-c3ccc(Oc4ccccc4)nc3)c3c(N)ncnc32)C1. The lowest BCUT2D eigenvalue weighted by atomic mass is 10.1. The zero-order chi connectivity index (χ0) is 20.5. The van der Waals surface area contributed by atoms with Crippen molar-refractivity contribution in [1.29, 1.82) is 0 Å². The van der Waals surface area contributed by atoms with Crippen LogP contribution in [0.5, 0.6) is 11.6 Å². The predicted octanol–water partition coefficient (Wildman–Crippen LogP) is 3.53. The maximum Gasteiger partial charge on any atom is 0.219 e. The monoisotopic (exact) mass is 401 g/mol. The van der Waals surface area contributed by atoms with Gasteiger partial charge in [-0.3, -0.25) is 0 Å². The Morgan fingerprint density at radius 2 is 1.93 bits per heavy atom. The summed E-state index contributed by atoms with van der Waals surface area (Å²) < 4.78 is 7.81. The molecule has 0 amide bonds. The highest BCUT2D eigenvalue weighted by molar-refractivity contribution is 5.98. The number of rotatable bonds is 4. The van der Waals surface area contributed by atoms with E-state index in [-0.39, 0.29) is 6.04 Å². The zero-order valence-corrected chi connectivity index (χ0v) is 16.8. The van der Waals surface area contributed by atoms with E-state index in [9.17, 15) is 0 Å². The van der Waals surface area contributed by atoms with Crippen molar-refractivity contribution < 1.29 is 4.74 Å². The van der Waals surface area contributed by atoms with Crippen LogP contribution in [0.2, 0.25) is 0 Å². The number of nitrogens with two attached hydrogens (primary N) is 1. The minimum absolute atomic E-state index is 0.253. The van der Waals surface area contributed by atoms with E-state index in [1.54, 1.807) is 6.20 Å². The van der Waals surface area contributed by atoms with E-state index < -0.39 is 0 Å². The van der Waals surface area contributed by atoms with Crippen molar-refractivity contribution in [3.63, 3.8) is 0 Å². The van der Waals surface area contributed by atoms with Crippen LogP contribution in [0.15, 0.2) is 55.0 Å². The molecule has 1 fully saturated rings. The molecule has 2 N–H and O–H groups in total. The van der Waals surface area contributed by atoms with Crippen LogP contribution in [0.4, 0.5) is 5.82 Å². The molecular weight excluding hydrogens is 378 g/mol. The number of hydrogen-bond acceptors (Lipinski definition) is 7. The molecule has 4 aromatic rings. The van der Waals surface area contributed by atoms with Crippen molar-refractivity contribution in [2.45, 2.75) is 18.9 Å². The largest absolute Gasteiger partial charge is 0.439 e. The van der Waals surface area contributed by atoms with Gasteiger partial charge in [-0.2, -0.15) is 5.10 Å². The van der Waals surface area contributed by atoms with Crippen LogP contribution in [-0.4, -0.2) is 49.8 Å². The fourth-order valence-corrected chi connectivity index (χ4v) is 3.98. The second kappa shape index (κ2) is 7.72. The minimum Gasteiger partial charge on any atom is -0.439 e. The van der Waals surface area contributed by atoms with Gasteiger partial charge in [0.25, 0.3) is 0 Å². The molecule has 1 aliphatic rings. The van der Waals surface area contributed by atoms with Gasteiger partial charge in [-0.25, -0.2) is 19.6 Å². The minimum atomic E-state index is 0.253. The summed E-state index contributed by atoms with van der Waals surface area (Å²) in [5.74, 6) is 1.69. The van der Waals surface area contributed by atoms with Crippen molar-refractivity contribution >= 4 is 16.9 Å². The zero-order valence-electron chi connectivity index (χ0n) is 16.8. The van der Waals surface area contributed by atoms with Crippen molar-refractivity contribution in [2.24, 2.45) is 0 Å². The van der Waals surface area contributed by atoms with Crippen LogP contribution in [0.3, 0.4) is 0 Å². The molecular formula is C22H23N7O. The van der Waals surface area contributed by atoms with Crippen LogP contribution in [-0.2, 0) is 0 Å². The quantitative estimate of drug-likeness (QED) is 0.559. The van der Waals surface area contributed by atoms with Crippen molar-refractivity contribution in [2.75, 3.05) is 25.9 Å². The fraction of sp³-hybridized carbons (Fsp3) is 0.273. The van der Waals surface area contributed by atoms with Crippen LogP contribution < -0.4 is 10.5 Å². The molecule has 30 heavy (non-hydrogen) atoms. The smallest absolute Gasteiger partial charge is 0.219 e. The molecule has 1 unspecified atom stereocenters. The Labute approximate surface area is 174 Å². The van der Waals surface area contributed by atoms with Gasteiger partial charge in [-0.1, -0.05) is 18.2 Å². The molecule has 1 aliphatic heterocycles. The van der Waals surface area contributed by atoms with Gasteiger partial charge < -0.3 is 15.4 Å². The Kier molecular flexibility index (Phi) is 4.76. The highest BCUT2D eigenvalue weighted by Gasteiger charge is 2.25. The van der Waals surface area contributed by atoms with Gasteiger partial charge in [0.2, 0.25) is 5.88 Å². The number of benzene rings is 1. The number of piperidine rings is 1. The highest BCUT2D eigenvalue weighted by atomic mass is 16.5. The molecule has 3 aromatic heterocycles. The number of fused-ring (bicyclic) bond motifs is 1. The molecule has 1 atom stereocenters. The Bertz CT molecular complexity index is 1160. The number of hydrogen-bond donors (Lipinski definition) is 1. The average Bonchev–Trinajstić information content (AvgIpc) is 3.16. The first kappa shape index (κ1) is 18.5. The third kappa shape index (κ3) is 3.46. The molecule has 0 aliphatic carbocycles. The number of anilines is 1. The lowest BCUT2D eigenvalue weighted by molar-refractivity contribution is 0.205. The second-order valence-electron chi connectivity index (χ2n) is 7.61. The second-order valence-corrected chi connectivity index (χ2v) is 7.61. The molecule has 0 spiro atoms. The van der Waals surface area contributed by atoms with E-state index in [4.69, 9.17) is 15.6 Å². The van der Waals surface area contributed by atoms with E-state index in [0.717, 1.165) is 54.0 Å². The summed E-state index contributed by atoms with van der Waals surface area (Å²) in [6.45, 7) is 2.04. The third-order valence-electron chi connectivity index (χ3n) is 5.44. The molecule has 0 saturated carbocycles. The van der Waals surface area contributed by atoms with Crippen LogP contribution in [0, 0.1) is 0 Å². The van der Waals surface area contributed by atoms with Crippen LogP contribution in [0.1, 0.15) is 18.9 Å². The molecule has 8 heteroatoms. The Hall–Kier alpha value is -3.52. The van der Waals surface area contributed by atoms with Gasteiger partial charge in [-0.05, 0) is 44.6 Å². The first-order chi connectivity index (χ1) is 14.7. The first-order valence-corrected chi connectivity index (χ1v) is 10.1. The molecule has 5 rings (SSSR count). The van der Waals surface area contributed by atoms with Gasteiger partial charge in [0, 0.05) is 24.4 Å². The third-order valence-corrected chi connectivity index (χ3v) is 5.44. The Morgan fingerprint density at radius 3 is 2.70 bits per heavy atom. The predicted molar refractivity (Wildman–Crippen MR) is 115 cm³/mol. The van der Waals surface area contributed by atoms with E-state index >= 15 is 0 Å². The van der Waals surface area contributed by atoms with E-state index in [1.165, 1.54) is 6.33 Å². The fourth-order valence-electron chi connectivity index (χ4n) is 3.98. The topological polar surface area (TPSA) is 95.0 Å². The van der Waals surface area contributed by atoms with Gasteiger partial charge in [0.15, 0.2) is 5.65 Å². The highest BCUT2D eigenvalue weighted by Crippen LogP contribution is 2.34. The van der Waals surface area contributed by atoms with Crippen LogP contribution in [0.25, 0.3) is 22.3 Å². The maximum atomic E-state index is 6.24. The molecule has 4 heterocycles. The molecule has 1 saturated heterocycles. The summed E-state index contributed by atoms with van der Waals surface area (Å²) in [5, 5.41) is 5.69. The van der Waals surface area contributed by atoms with E-state index in [0.29, 0.717) is 11.7 Å². The van der Waals surface area contributed by atoms with Gasteiger partial charge >= 0.3 is 0 Å². The Balaban J connectivity index is 1.52. The van der Waals surface area contributed by atoms with Gasteiger partial charge in [0.1, 0.15) is 23.6 Å². The number of likely N-dealkylation sites (tertiary alicyclic amines) is 1. The van der Waals surface area contributed by atoms with Gasteiger partial charge in [0.05, 0.1) is 11.4 Å². The number of ether oxygens (including phenoxy) is 1. The number of para-hydroxylation sites is 1. The lowest BCUT2D eigenvalue weighted by Gasteiger charge is -2.29. The van der Waals surface area contributed by atoms with E-state index in [1.807, 2.05) is 47.1 Å². The number of pyridine rings is 1. The lowest BCUT2D eigenvalue weighted by Crippen LogP contribution is -2.34. The number of aromatic nitrogens is 5. The van der Waals surface area contributed by atoms with E-state index in [2.05, 4.69) is 26.9 Å². The summed E-state index contributed by atoms with van der Waals surface area (Å²) >= 11 is 0. The first-order valence-electron chi connectivity index (χ1n) is 10.1. The number of nitrogen functional groups attached to an aromatic ring is 1. The Morgan fingerprint density at radius 1 is 1.07 bits per heavy atom. The molecule has 8 nitrogen and oxygen atoms in total. The van der Waals surface area contributed by atoms with Crippen LogP contribution >= 0.6 is 0 Å². The normalized spacial score (nSPS) is 17.3. The average molecular weight is 401 g/mol. The number of likely N-dealkylation sites (N-methyl/N-ethyl adjacent to an activating group) is 1. The van der Waals surface area contributed by atoms with Crippen molar-refractivity contribution in [3.05, 3.63) is 55.0 Å². The molecule has 0 radical (unpaired) electrons. The van der Waals surface area contributed by atoms with Gasteiger partial charge in [-0.15, -0.1) is 0 Å². The summed E-state index contributed by atoms with van der Waals surface area (Å²) in [4.78, 5) is 15.5. The van der Waals surface area contributed by atoms with Crippen molar-refractivity contribution in [3.8, 4) is 22.9 Å². The maximum absolute atomic E-state index is 6.24. The van der Waals surface area contributed by atoms with Crippen molar-refractivity contribution in [1.82, 2.24) is 29.6 Å². The number of nitrogens with zero attached hydrogens (tertiary/aromatic N) is 6. The molecule has 152 valence electrons. The standard InChI is InChI=1S/C22H23N7O/c1-28-11-5-6-16(13-28)29-22-19(21(23)25-14-26-22)20(27-29)15-9-10-18(24-12-15)30-17-7-3-2-4-8-17/h2-4,7-10,12,14,16H,5-6,11,13H2,1H3,(H2,23,25,26).